The molecule has 0 bridgehead atoms. The minimum atomic E-state index is 0.138. The van der Waals surface area contributed by atoms with E-state index in [0.717, 1.165) is 73.3 Å². The van der Waals surface area contributed by atoms with E-state index >= 15 is 0 Å². The third-order valence-corrected chi connectivity index (χ3v) is 9.70. The first-order valence-corrected chi connectivity index (χ1v) is 16.2. The van der Waals surface area contributed by atoms with Gasteiger partial charge in [0.25, 0.3) is 0 Å². The lowest BCUT2D eigenvalue weighted by molar-refractivity contribution is 0.120. The molecular formula is C39H46N2O6. The van der Waals surface area contributed by atoms with E-state index in [-0.39, 0.29) is 18.9 Å². The molecule has 2 atom stereocenters. The molecular weight excluding hydrogens is 592 g/mol. The van der Waals surface area contributed by atoms with Crippen molar-refractivity contribution < 1.29 is 28.4 Å². The van der Waals surface area contributed by atoms with E-state index in [1.165, 1.54) is 33.4 Å². The summed E-state index contributed by atoms with van der Waals surface area (Å²) >= 11 is 0. The molecule has 0 saturated carbocycles. The fourth-order valence-electron chi connectivity index (χ4n) is 6.89. The van der Waals surface area contributed by atoms with Crippen LogP contribution in [0.3, 0.4) is 0 Å². The summed E-state index contributed by atoms with van der Waals surface area (Å²) in [6, 6.07) is 25.7. The summed E-state index contributed by atoms with van der Waals surface area (Å²) in [5.74, 6) is 4.68. The lowest BCUT2D eigenvalue weighted by atomic mass is 9.88. The Kier molecular flexibility index (Phi) is 10.1. The molecule has 248 valence electrons. The van der Waals surface area contributed by atoms with Gasteiger partial charge in [0.15, 0.2) is 23.0 Å². The maximum atomic E-state index is 5.94. The summed E-state index contributed by atoms with van der Waals surface area (Å²) in [7, 11) is 11.1. The maximum Gasteiger partial charge on any atom is 0.230 e. The fraction of sp³-hybridized carbons (Fsp3) is 0.385. The number of likely N-dealkylation sites (N-methyl/N-ethyl adjacent to an activating group) is 2. The van der Waals surface area contributed by atoms with Crippen molar-refractivity contribution in [2.75, 3.05) is 62.4 Å². The van der Waals surface area contributed by atoms with E-state index in [1.807, 2.05) is 24.3 Å². The van der Waals surface area contributed by atoms with E-state index in [1.54, 1.807) is 28.4 Å². The van der Waals surface area contributed by atoms with Gasteiger partial charge in [0, 0.05) is 25.2 Å². The number of fused-ring (bicyclic) bond motifs is 2. The number of nitrogens with zero attached hydrogens (tertiary/aromatic N) is 2. The van der Waals surface area contributed by atoms with E-state index in [0.29, 0.717) is 0 Å². The summed E-state index contributed by atoms with van der Waals surface area (Å²) in [5, 5.41) is 0. The highest BCUT2D eigenvalue weighted by Gasteiger charge is 2.28. The largest absolute Gasteiger partial charge is 0.493 e. The first-order chi connectivity index (χ1) is 22.9. The van der Waals surface area contributed by atoms with Crippen LogP contribution < -0.4 is 28.4 Å². The average molecular weight is 639 g/mol. The number of hydrogen-bond donors (Lipinski definition) is 0. The van der Waals surface area contributed by atoms with Crippen molar-refractivity contribution in [1.82, 2.24) is 9.80 Å². The molecule has 4 aromatic rings. The Morgan fingerprint density at radius 2 is 0.894 bits per heavy atom. The highest BCUT2D eigenvalue weighted by molar-refractivity contribution is 5.51. The smallest absolute Gasteiger partial charge is 0.230 e. The molecule has 0 saturated heterocycles. The van der Waals surface area contributed by atoms with Crippen molar-refractivity contribution in [2.45, 2.75) is 37.8 Å². The Balaban J connectivity index is 1.03. The Morgan fingerprint density at radius 3 is 1.26 bits per heavy atom. The lowest BCUT2D eigenvalue weighted by Crippen LogP contribution is -2.33. The second kappa shape index (κ2) is 14.6. The van der Waals surface area contributed by atoms with Crippen molar-refractivity contribution in [2.24, 2.45) is 0 Å². The van der Waals surface area contributed by atoms with E-state index in [4.69, 9.17) is 28.4 Å². The van der Waals surface area contributed by atoms with Gasteiger partial charge in [-0.15, -0.1) is 0 Å². The number of hydrogen-bond acceptors (Lipinski definition) is 8. The van der Waals surface area contributed by atoms with E-state index < -0.39 is 0 Å². The Morgan fingerprint density at radius 1 is 0.532 bits per heavy atom. The molecule has 2 heterocycles. The van der Waals surface area contributed by atoms with Crippen molar-refractivity contribution in [3.63, 3.8) is 0 Å². The van der Waals surface area contributed by atoms with Crippen LogP contribution in [0.25, 0.3) is 0 Å². The summed E-state index contributed by atoms with van der Waals surface area (Å²) in [6.07, 6.45) is 3.78. The molecule has 0 aromatic heterocycles. The van der Waals surface area contributed by atoms with Crippen molar-refractivity contribution in [3.8, 4) is 34.5 Å². The second-order valence-corrected chi connectivity index (χ2v) is 12.4. The third kappa shape index (κ3) is 7.14. The molecule has 2 aliphatic heterocycles. The highest BCUT2D eigenvalue weighted by Crippen LogP contribution is 2.40. The number of rotatable bonds is 12. The van der Waals surface area contributed by atoms with Gasteiger partial charge < -0.3 is 28.4 Å². The minimum absolute atomic E-state index is 0.138. The standard InChI is InChI=1S/C39H46N2O6/c1-40-17-15-28-21-36(42-3)38(44-5)23-32(28)34(40)19-26-7-11-30(12-8-26)46-25-47-31-13-9-27(10-14-31)20-35-33-24-39(45-6)37(43-4)22-29(33)16-18-41(35)2/h7-14,21-24,34-35H,15-20,25H2,1-6H3/t34-,35+. The zero-order valence-corrected chi connectivity index (χ0v) is 28.4. The quantitative estimate of drug-likeness (QED) is 0.159. The van der Waals surface area contributed by atoms with Crippen LogP contribution in [0, 0.1) is 0 Å². The predicted octanol–water partition coefficient (Wildman–Crippen LogP) is 6.68. The van der Waals surface area contributed by atoms with Gasteiger partial charge >= 0.3 is 0 Å². The van der Waals surface area contributed by atoms with Crippen molar-refractivity contribution >= 4 is 0 Å². The SMILES string of the molecule is COc1cc2c(cc1OC)[C@@H](Cc1ccc(OCOc3ccc(C[C@H]4c5cc(OC)c(OC)cc5CCN4C)cc3)cc1)N(C)CC2. The highest BCUT2D eigenvalue weighted by atomic mass is 16.7. The molecule has 47 heavy (non-hydrogen) atoms. The minimum Gasteiger partial charge on any atom is -0.493 e. The average Bonchev–Trinajstić information content (AvgIpc) is 3.10. The molecule has 0 amide bonds. The van der Waals surface area contributed by atoms with Crippen molar-refractivity contribution in [3.05, 3.63) is 106 Å². The van der Waals surface area contributed by atoms with E-state index in [2.05, 4.69) is 72.4 Å². The van der Waals surface area contributed by atoms with Gasteiger partial charge in [-0.05, 0) is 122 Å². The molecule has 4 aromatic carbocycles. The molecule has 0 radical (unpaired) electrons. The van der Waals surface area contributed by atoms with Crippen LogP contribution in [0.5, 0.6) is 34.5 Å². The van der Waals surface area contributed by atoms with Crippen LogP contribution in [0.15, 0.2) is 72.8 Å². The number of benzene rings is 4. The Bertz CT molecular complexity index is 1530. The first-order valence-electron chi connectivity index (χ1n) is 16.2. The fourth-order valence-corrected chi connectivity index (χ4v) is 6.89. The van der Waals surface area contributed by atoms with Crippen LogP contribution in [0.1, 0.15) is 45.5 Å². The summed E-state index contributed by atoms with van der Waals surface area (Å²) < 4.78 is 34.2. The Labute approximate surface area is 278 Å². The van der Waals surface area contributed by atoms with Crippen LogP contribution in [0.4, 0.5) is 0 Å². The molecule has 8 nitrogen and oxygen atoms in total. The van der Waals surface area contributed by atoms with Crippen LogP contribution in [-0.4, -0.2) is 72.2 Å². The summed E-state index contributed by atoms with van der Waals surface area (Å²) in [6.45, 7) is 2.14. The van der Waals surface area contributed by atoms with Gasteiger partial charge in [-0.25, -0.2) is 0 Å². The van der Waals surface area contributed by atoms with Gasteiger partial charge in [0.05, 0.1) is 28.4 Å². The molecule has 0 aliphatic carbocycles. The Hall–Kier alpha value is -4.40. The zero-order valence-electron chi connectivity index (χ0n) is 28.4. The summed E-state index contributed by atoms with van der Waals surface area (Å²) in [5.41, 5.74) is 7.74. The first kappa shape index (κ1) is 32.5. The number of methoxy groups -OCH3 is 4. The third-order valence-electron chi connectivity index (χ3n) is 9.70. The van der Waals surface area contributed by atoms with Gasteiger partial charge in [-0.2, -0.15) is 0 Å². The predicted molar refractivity (Wildman–Crippen MR) is 184 cm³/mol. The van der Waals surface area contributed by atoms with E-state index in [9.17, 15) is 0 Å². The lowest BCUT2D eigenvalue weighted by Gasteiger charge is -2.35. The van der Waals surface area contributed by atoms with Gasteiger partial charge in [0.2, 0.25) is 6.79 Å². The summed E-state index contributed by atoms with van der Waals surface area (Å²) in [4.78, 5) is 4.83. The second-order valence-electron chi connectivity index (χ2n) is 12.4. The van der Waals surface area contributed by atoms with Crippen LogP contribution >= 0.6 is 0 Å². The maximum absolute atomic E-state index is 5.94. The molecule has 0 fully saturated rings. The normalized spacial score (nSPS) is 17.7. The van der Waals surface area contributed by atoms with Gasteiger partial charge in [0.1, 0.15) is 11.5 Å². The van der Waals surface area contributed by atoms with Crippen molar-refractivity contribution in [1.29, 1.82) is 0 Å². The molecule has 0 unspecified atom stereocenters. The molecule has 0 N–H and O–H groups in total. The number of ether oxygens (including phenoxy) is 6. The van der Waals surface area contributed by atoms with Gasteiger partial charge in [-0.3, -0.25) is 9.80 Å². The van der Waals surface area contributed by atoms with Gasteiger partial charge in [-0.1, -0.05) is 24.3 Å². The molecule has 8 heteroatoms. The molecule has 0 spiro atoms. The van der Waals surface area contributed by atoms with Crippen LogP contribution in [0.2, 0.25) is 0 Å². The monoisotopic (exact) mass is 638 g/mol. The zero-order chi connectivity index (χ0) is 32.9. The van der Waals surface area contributed by atoms with Crippen LogP contribution in [-0.2, 0) is 25.7 Å². The molecule has 6 rings (SSSR count). The topological polar surface area (TPSA) is 61.9 Å². The molecule has 2 aliphatic rings.